The second-order valence-electron chi connectivity index (χ2n) is 7.38. The van der Waals surface area contributed by atoms with Gasteiger partial charge in [0, 0.05) is 10.0 Å². The molecule has 0 saturated carbocycles. The zero-order valence-electron chi connectivity index (χ0n) is 16.8. The van der Waals surface area contributed by atoms with Crippen molar-refractivity contribution in [2.75, 3.05) is 0 Å². The fourth-order valence-corrected chi connectivity index (χ4v) is 3.92. The number of benzene rings is 3. The summed E-state index contributed by atoms with van der Waals surface area (Å²) >= 11 is 12.1. The van der Waals surface area contributed by atoms with Gasteiger partial charge in [-0.15, -0.1) is 0 Å². The van der Waals surface area contributed by atoms with Crippen LogP contribution in [0.15, 0.2) is 83.7 Å². The van der Waals surface area contributed by atoms with Crippen molar-refractivity contribution in [1.82, 2.24) is 9.36 Å². The van der Waals surface area contributed by atoms with Crippen LogP contribution in [0.4, 0.5) is 0 Å². The zero-order chi connectivity index (χ0) is 21.8. The number of unbranched alkanes of at least 4 members (excludes halogenated alkanes) is 1. The lowest BCUT2D eigenvalue weighted by molar-refractivity contribution is 0.419. The average molecular weight is 453 g/mol. The Morgan fingerprint density at radius 1 is 0.677 bits per heavy atom. The summed E-state index contributed by atoms with van der Waals surface area (Å²) in [6.45, 7) is 0. The summed E-state index contributed by atoms with van der Waals surface area (Å²) in [5, 5.41) is 12.2. The van der Waals surface area contributed by atoms with Gasteiger partial charge in [0.1, 0.15) is 0 Å². The van der Waals surface area contributed by atoms with Crippen LogP contribution in [-0.2, 0) is 12.8 Å². The molecule has 1 heterocycles. The maximum Gasteiger partial charge on any atom is 0.278 e. The van der Waals surface area contributed by atoms with Crippen LogP contribution in [-0.4, -0.2) is 14.5 Å². The number of hydrogen-bond donors (Lipinski definition) is 1. The third-order valence-corrected chi connectivity index (χ3v) is 5.75. The molecule has 0 bridgehead atoms. The molecule has 4 rings (SSSR count). The minimum absolute atomic E-state index is 0.0537. The van der Waals surface area contributed by atoms with E-state index in [1.807, 2.05) is 18.2 Å². The van der Waals surface area contributed by atoms with Crippen molar-refractivity contribution in [2.24, 2.45) is 0 Å². The van der Waals surface area contributed by atoms with Gasteiger partial charge in [0.25, 0.3) is 5.56 Å². The number of aryl methyl sites for hydroxylation is 1. The van der Waals surface area contributed by atoms with Crippen molar-refractivity contribution in [1.29, 1.82) is 0 Å². The van der Waals surface area contributed by atoms with E-state index >= 15 is 0 Å². The largest absolute Gasteiger partial charge is 0.493 e. The van der Waals surface area contributed by atoms with Gasteiger partial charge in [-0.1, -0.05) is 53.5 Å². The minimum atomic E-state index is -0.241. The van der Waals surface area contributed by atoms with Crippen molar-refractivity contribution in [3.8, 4) is 17.3 Å². The van der Waals surface area contributed by atoms with Gasteiger partial charge in [-0.3, -0.25) is 4.79 Å². The molecule has 31 heavy (non-hydrogen) atoms. The summed E-state index contributed by atoms with van der Waals surface area (Å²) in [5.74, 6) is -0.0537. The molecule has 158 valence electrons. The summed E-state index contributed by atoms with van der Waals surface area (Å²) in [5.41, 5.74) is 2.69. The highest BCUT2D eigenvalue weighted by Gasteiger charge is 2.21. The molecular weight excluding hydrogens is 431 g/mol. The Kier molecular flexibility index (Phi) is 6.50. The summed E-state index contributed by atoms with van der Waals surface area (Å²) in [6.07, 6.45) is 3.15. The van der Waals surface area contributed by atoms with E-state index < -0.39 is 0 Å². The summed E-state index contributed by atoms with van der Waals surface area (Å²) < 4.78 is 3.00. The molecule has 0 saturated heterocycles. The Morgan fingerprint density at radius 2 is 1.19 bits per heavy atom. The topological polar surface area (TPSA) is 47.2 Å². The van der Waals surface area contributed by atoms with Crippen LogP contribution < -0.4 is 5.56 Å². The molecule has 1 N–H and O–H groups in total. The van der Waals surface area contributed by atoms with Crippen molar-refractivity contribution >= 4 is 23.2 Å². The first-order chi connectivity index (χ1) is 15.0. The highest BCUT2D eigenvalue weighted by molar-refractivity contribution is 6.30. The SMILES string of the molecule is O=c1c(CCCCc2ccccc2)c(O)n(-c2ccc(Cl)cc2)n1-c1ccc(Cl)cc1. The quantitative estimate of drug-likeness (QED) is 0.339. The maximum atomic E-state index is 13.3. The number of halogens is 2. The molecule has 0 aliphatic rings. The van der Waals surface area contributed by atoms with Crippen LogP contribution in [0.2, 0.25) is 10.0 Å². The number of aromatic nitrogens is 2. The number of hydrogen-bond acceptors (Lipinski definition) is 2. The van der Waals surface area contributed by atoms with Gasteiger partial charge in [0.05, 0.1) is 16.9 Å². The first kappa shape index (κ1) is 21.3. The monoisotopic (exact) mass is 452 g/mol. The predicted octanol–water partition coefficient (Wildman–Crippen LogP) is 6.21. The summed E-state index contributed by atoms with van der Waals surface area (Å²) in [6, 6.07) is 24.2. The van der Waals surface area contributed by atoms with Crippen LogP contribution in [0.1, 0.15) is 24.0 Å². The first-order valence-electron chi connectivity index (χ1n) is 10.2. The molecule has 0 fully saturated rings. The molecule has 4 aromatic rings. The molecule has 0 aliphatic heterocycles. The average Bonchev–Trinajstić information content (AvgIpc) is 3.03. The zero-order valence-corrected chi connectivity index (χ0v) is 18.4. The highest BCUT2D eigenvalue weighted by Crippen LogP contribution is 2.26. The second kappa shape index (κ2) is 9.46. The molecule has 0 amide bonds. The van der Waals surface area contributed by atoms with Crippen LogP contribution >= 0.6 is 23.2 Å². The Morgan fingerprint density at radius 3 is 1.77 bits per heavy atom. The fourth-order valence-electron chi connectivity index (χ4n) is 3.67. The highest BCUT2D eigenvalue weighted by atomic mass is 35.5. The van der Waals surface area contributed by atoms with Crippen LogP contribution in [0, 0.1) is 0 Å². The van der Waals surface area contributed by atoms with Gasteiger partial charge >= 0.3 is 0 Å². The Bertz CT molecular complexity index is 1210. The molecule has 0 spiro atoms. The van der Waals surface area contributed by atoms with E-state index in [1.165, 1.54) is 14.9 Å². The third kappa shape index (κ3) is 4.71. The molecular formula is C25H22Cl2N2O2. The van der Waals surface area contributed by atoms with Gasteiger partial charge in [-0.2, -0.15) is 0 Å². The van der Waals surface area contributed by atoms with Crippen LogP contribution in [0.3, 0.4) is 0 Å². The molecule has 3 aromatic carbocycles. The fraction of sp³-hybridized carbons (Fsp3) is 0.160. The molecule has 4 nitrogen and oxygen atoms in total. The van der Waals surface area contributed by atoms with E-state index in [9.17, 15) is 9.90 Å². The Labute approximate surface area is 190 Å². The van der Waals surface area contributed by atoms with Crippen LogP contribution in [0.25, 0.3) is 11.4 Å². The molecule has 0 unspecified atom stereocenters. The number of rotatable bonds is 7. The normalized spacial score (nSPS) is 11.0. The van der Waals surface area contributed by atoms with Gasteiger partial charge in [0.15, 0.2) is 0 Å². The minimum Gasteiger partial charge on any atom is -0.493 e. The number of aromatic hydroxyl groups is 1. The summed E-state index contributed by atoms with van der Waals surface area (Å²) in [4.78, 5) is 13.3. The second-order valence-corrected chi connectivity index (χ2v) is 8.25. The van der Waals surface area contributed by atoms with Crippen molar-refractivity contribution in [3.63, 3.8) is 0 Å². The van der Waals surface area contributed by atoms with Crippen molar-refractivity contribution in [3.05, 3.63) is 110 Å². The van der Waals surface area contributed by atoms with E-state index in [4.69, 9.17) is 23.2 Å². The standard InChI is InChI=1S/C25H22Cl2N2O2/c26-19-10-14-21(15-11-19)28-24(30)23(9-5-4-8-18-6-2-1-3-7-18)25(31)29(28)22-16-12-20(27)13-17-22/h1-3,6-7,10-17,30H,4-5,8-9H2. The van der Waals surface area contributed by atoms with Crippen LogP contribution in [0.5, 0.6) is 5.88 Å². The molecule has 0 atom stereocenters. The van der Waals surface area contributed by atoms with Gasteiger partial charge in [-0.05, 0) is 79.8 Å². The first-order valence-corrected chi connectivity index (χ1v) is 10.9. The molecule has 6 heteroatoms. The maximum absolute atomic E-state index is 13.3. The summed E-state index contributed by atoms with van der Waals surface area (Å²) in [7, 11) is 0. The predicted molar refractivity (Wildman–Crippen MR) is 126 cm³/mol. The van der Waals surface area contributed by atoms with Gasteiger partial charge in [-0.25, -0.2) is 9.36 Å². The molecule has 1 aromatic heterocycles. The lowest BCUT2D eigenvalue weighted by atomic mass is 10.1. The lowest BCUT2D eigenvalue weighted by Crippen LogP contribution is -2.21. The van der Waals surface area contributed by atoms with Crippen molar-refractivity contribution < 1.29 is 5.11 Å². The van der Waals surface area contributed by atoms with E-state index in [0.717, 1.165) is 19.3 Å². The van der Waals surface area contributed by atoms with E-state index in [0.29, 0.717) is 33.4 Å². The lowest BCUT2D eigenvalue weighted by Gasteiger charge is -2.12. The Balaban J connectivity index is 1.67. The van der Waals surface area contributed by atoms with Gasteiger partial charge < -0.3 is 5.11 Å². The van der Waals surface area contributed by atoms with E-state index in [1.54, 1.807) is 48.5 Å². The smallest absolute Gasteiger partial charge is 0.278 e. The Hall–Kier alpha value is -2.95. The molecule has 0 aliphatic carbocycles. The molecule has 0 radical (unpaired) electrons. The van der Waals surface area contributed by atoms with Gasteiger partial charge in [0.2, 0.25) is 5.88 Å². The third-order valence-electron chi connectivity index (χ3n) is 5.25. The van der Waals surface area contributed by atoms with E-state index in [2.05, 4.69) is 12.1 Å². The van der Waals surface area contributed by atoms with Crippen molar-refractivity contribution in [2.45, 2.75) is 25.7 Å². The van der Waals surface area contributed by atoms with E-state index in [-0.39, 0.29) is 11.4 Å². The number of nitrogens with zero attached hydrogens (tertiary/aromatic N) is 2.